The molecule has 0 atom stereocenters. The smallest absolute Gasteiger partial charge is 0.234 e. The largest absolute Gasteiger partial charge is 0.325 e. The Labute approximate surface area is 146 Å². The van der Waals surface area contributed by atoms with Gasteiger partial charge in [0.25, 0.3) is 0 Å². The molecule has 0 saturated carbocycles. The normalized spacial score (nSPS) is 10.7. The molecule has 1 N–H and O–H groups in total. The summed E-state index contributed by atoms with van der Waals surface area (Å²) in [7, 11) is 1.80. The lowest BCUT2D eigenvalue weighted by Crippen LogP contribution is -2.14. The Hall–Kier alpha value is -2.81. The highest BCUT2D eigenvalue weighted by atomic mass is 32.2. The minimum absolute atomic E-state index is 0.0569. The molecular weight excluding hydrogens is 348 g/mol. The highest BCUT2D eigenvalue weighted by Crippen LogP contribution is 2.22. The number of nitrogens with zero attached hydrogens (tertiary/aromatic N) is 4. The molecule has 0 aliphatic carbocycles. The zero-order valence-electron chi connectivity index (χ0n) is 13.1. The summed E-state index contributed by atoms with van der Waals surface area (Å²) in [4.78, 5) is 15.9. The van der Waals surface area contributed by atoms with Gasteiger partial charge in [0.2, 0.25) is 5.91 Å². The molecule has 128 valence electrons. The number of rotatable bonds is 5. The molecule has 9 heteroatoms. The number of aromatic nitrogens is 4. The minimum Gasteiger partial charge on any atom is -0.325 e. The first-order valence-electron chi connectivity index (χ1n) is 7.22. The summed E-state index contributed by atoms with van der Waals surface area (Å²) in [6.45, 7) is 0. The first-order valence-corrected chi connectivity index (χ1v) is 8.20. The fourth-order valence-electron chi connectivity index (χ4n) is 2.09. The number of amides is 1. The summed E-state index contributed by atoms with van der Waals surface area (Å²) in [5, 5.41) is 11.2. The summed E-state index contributed by atoms with van der Waals surface area (Å²) in [6, 6.07) is 6.82. The maximum absolute atomic E-state index is 13.1. The Balaban J connectivity index is 1.63. The molecule has 3 aromatic rings. The van der Waals surface area contributed by atoms with E-state index in [1.54, 1.807) is 24.0 Å². The number of thioether (sulfide) groups is 1. The molecule has 0 aliphatic rings. The van der Waals surface area contributed by atoms with Gasteiger partial charge in [-0.2, -0.15) is 0 Å². The van der Waals surface area contributed by atoms with Crippen LogP contribution in [-0.4, -0.2) is 31.4 Å². The van der Waals surface area contributed by atoms with Gasteiger partial charge in [-0.1, -0.05) is 11.8 Å². The summed E-state index contributed by atoms with van der Waals surface area (Å²) < 4.78 is 27.8. The summed E-state index contributed by atoms with van der Waals surface area (Å²) >= 11 is 1.19. The lowest BCUT2D eigenvalue weighted by atomic mass is 10.2. The van der Waals surface area contributed by atoms with Gasteiger partial charge in [-0.15, -0.1) is 10.2 Å². The Morgan fingerprint density at radius 3 is 2.64 bits per heavy atom. The highest BCUT2D eigenvalue weighted by Gasteiger charge is 2.13. The van der Waals surface area contributed by atoms with Gasteiger partial charge in [-0.3, -0.25) is 9.78 Å². The quantitative estimate of drug-likeness (QED) is 0.708. The molecule has 1 amide bonds. The molecule has 0 bridgehead atoms. The van der Waals surface area contributed by atoms with Gasteiger partial charge in [0.1, 0.15) is 0 Å². The van der Waals surface area contributed by atoms with E-state index in [0.717, 1.165) is 17.7 Å². The van der Waals surface area contributed by atoms with E-state index in [2.05, 4.69) is 20.5 Å². The van der Waals surface area contributed by atoms with Crippen molar-refractivity contribution in [3.63, 3.8) is 0 Å². The van der Waals surface area contributed by atoms with Crippen LogP contribution in [0.4, 0.5) is 14.5 Å². The lowest BCUT2D eigenvalue weighted by molar-refractivity contribution is -0.113. The molecule has 0 spiro atoms. The standard InChI is InChI=1S/C16H13F2N5OS/c1-23-15(10-4-6-19-7-5-10)21-22-16(23)25-9-14(24)20-11-2-3-12(17)13(18)8-11/h2-8H,9H2,1H3,(H,20,24). The molecule has 0 saturated heterocycles. The average molecular weight is 361 g/mol. The molecule has 1 aromatic carbocycles. The zero-order chi connectivity index (χ0) is 17.8. The topological polar surface area (TPSA) is 72.7 Å². The molecule has 2 aromatic heterocycles. The Kier molecular flexibility index (Phi) is 5.03. The summed E-state index contributed by atoms with van der Waals surface area (Å²) in [6.07, 6.45) is 3.32. The van der Waals surface area contributed by atoms with Crippen molar-refractivity contribution in [2.24, 2.45) is 7.05 Å². The Bertz CT molecular complexity index is 901. The van der Waals surface area contributed by atoms with Crippen molar-refractivity contribution in [1.82, 2.24) is 19.7 Å². The molecule has 6 nitrogen and oxygen atoms in total. The van der Waals surface area contributed by atoms with Crippen molar-refractivity contribution in [2.75, 3.05) is 11.1 Å². The molecule has 25 heavy (non-hydrogen) atoms. The number of carbonyl (C=O) groups is 1. The maximum Gasteiger partial charge on any atom is 0.234 e. The van der Waals surface area contributed by atoms with Crippen molar-refractivity contribution in [2.45, 2.75) is 5.16 Å². The third-order valence-corrected chi connectivity index (χ3v) is 4.33. The van der Waals surface area contributed by atoms with Gasteiger partial charge in [0.05, 0.1) is 5.75 Å². The predicted octanol–water partition coefficient (Wildman–Crippen LogP) is 2.89. The van der Waals surface area contributed by atoms with Crippen LogP contribution in [-0.2, 0) is 11.8 Å². The van der Waals surface area contributed by atoms with Crippen LogP contribution in [0.1, 0.15) is 0 Å². The minimum atomic E-state index is -1.01. The molecular formula is C16H13F2N5OS. The van der Waals surface area contributed by atoms with E-state index in [9.17, 15) is 13.6 Å². The van der Waals surface area contributed by atoms with Crippen LogP contribution < -0.4 is 5.32 Å². The average Bonchev–Trinajstić information content (AvgIpc) is 2.98. The molecule has 0 aliphatic heterocycles. The number of nitrogens with one attached hydrogen (secondary N) is 1. The number of anilines is 1. The number of halogens is 2. The van der Waals surface area contributed by atoms with Crippen LogP contribution in [0.2, 0.25) is 0 Å². The number of carbonyl (C=O) groups excluding carboxylic acids is 1. The van der Waals surface area contributed by atoms with E-state index >= 15 is 0 Å². The third-order valence-electron chi connectivity index (χ3n) is 3.31. The van der Waals surface area contributed by atoms with Crippen LogP contribution in [0.25, 0.3) is 11.4 Å². The monoisotopic (exact) mass is 361 g/mol. The fraction of sp³-hybridized carbons (Fsp3) is 0.125. The number of hydrogen-bond acceptors (Lipinski definition) is 5. The van der Waals surface area contributed by atoms with Crippen molar-refractivity contribution in [1.29, 1.82) is 0 Å². The molecule has 2 heterocycles. The maximum atomic E-state index is 13.1. The van der Waals surface area contributed by atoms with E-state index in [-0.39, 0.29) is 17.3 Å². The van der Waals surface area contributed by atoms with Crippen LogP contribution in [0.15, 0.2) is 47.9 Å². The van der Waals surface area contributed by atoms with Crippen LogP contribution in [0, 0.1) is 11.6 Å². The van der Waals surface area contributed by atoms with Gasteiger partial charge < -0.3 is 9.88 Å². The molecule has 0 fully saturated rings. The molecule has 0 radical (unpaired) electrons. The van der Waals surface area contributed by atoms with Crippen LogP contribution >= 0.6 is 11.8 Å². The summed E-state index contributed by atoms with van der Waals surface area (Å²) in [5.41, 5.74) is 1.06. The third kappa shape index (κ3) is 4.00. The second kappa shape index (κ2) is 7.39. The van der Waals surface area contributed by atoms with Crippen molar-refractivity contribution < 1.29 is 13.6 Å². The van der Waals surface area contributed by atoms with E-state index in [4.69, 9.17) is 0 Å². The second-order valence-corrected chi connectivity index (χ2v) is 6.01. The van der Waals surface area contributed by atoms with Gasteiger partial charge in [0, 0.05) is 36.8 Å². The molecule has 0 unspecified atom stereocenters. The van der Waals surface area contributed by atoms with E-state index in [1.165, 1.54) is 17.8 Å². The number of benzene rings is 1. The molecule has 3 rings (SSSR count). The van der Waals surface area contributed by atoms with Crippen LogP contribution in [0.5, 0.6) is 0 Å². The second-order valence-electron chi connectivity index (χ2n) is 5.07. The zero-order valence-corrected chi connectivity index (χ0v) is 13.9. The Morgan fingerprint density at radius 1 is 1.16 bits per heavy atom. The fourth-order valence-corrected chi connectivity index (χ4v) is 2.81. The number of pyridine rings is 1. The number of hydrogen-bond donors (Lipinski definition) is 1. The SMILES string of the molecule is Cn1c(SCC(=O)Nc2ccc(F)c(F)c2)nnc1-c1ccncc1. The van der Waals surface area contributed by atoms with Gasteiger partial charge in [-0.25, -0.2) is 8.78 Å². The highest BCUT2D eigenvalue weighted by molar-refractivity contribution is 7.99. The van der Waals surface area contributed by atoms with Gasteiger partial charge in [-0.05, 0) is 24.3 Å². The van der Waals surface area contributed by atoms with Crippen molar-refractivity contribution >= 4 is 23.4 Å². The lowest BCUT2D eigenvalue weighted by Gasteiger charge is -2.06. The first-order chi connectivity index (χ1) is 12.0. The van der Waals surface area contributed by atoms with Crippen LogP contribution in [0.3, 0.4) is 0 Å². The predicted molar refractivity (Wildman–Crippen MR) is 89.9 cm³/mol. The van der Waals surface area contributed by atoms with E-state index < -0.39 is 11.6 Å². The van der Waals surface area contributed by atoms with Crippen molar-refractivity contribution in [3.05, 3.63) is 54.4 Å². The first kappa shape index (κ1) is 17.0. The summed E-state index contributed by atoms with van der Waals surface area (Å²) in [5.74, 6) is -1.62. The van der Waals surface area contributed by atoms with Gasteiger partial charge in [0.15, 0.2) is 22.6 Å². The van der Waals surface area contributed by atoms with Gasteiger partial charge >= 0.3 is 0 Å². The van der Waals surface area contributed by atoms with E-state index in [0.29, 0.717) is 11.0 Å². The van der Waals surface area contributed by atoms with E-state index in [1.807, 2.05) is 12.1 Å². The Morgan fingerprint density at radius 2 is 1.92 bits per heavy atom. The van der Waals surface area contributed by atoms with Crippen molar-refractivity contribution in [3.8, 4) is 11.4 Å².